The Bertz CT molecular complexity index is 268. The van der Waals surface area contributed by atoms with E-state index in [0.717, 1.165) is 25.9 Å². The molecule has 0 aliphatic carbocycles. The van der Waals surface area contributed by atoms with Crippen LogP contribution in [0, 0.1) is 0 Å². The van der Waals surface area contributed by atoms with Gasteiger partial charge in [0.15, 0.2) is 0 Å². The molecular weight excluding hydrogens is 308 g/mol. The summed E-state index contributed by atoms with van der Waals surface area (Å²) in [6.45, 7) is 4.76. The number of ether oxygens (including phenoxy) is 2. The van der Waals surface area contributed by atoms with E-state index >= 15 is 0 Å². The second-order valence-electron chi connectivity index (χ2n) is 6.86. The SMILES string of the molecule is CO[Si](C)(CCCCCCCCCCCCOCC1CO1)OC. The molecule has 0 aromatic heterocycles. The molecule has 0 aromatic carbocycles. The molecular formula is C18H38O4Si. The van der Waals surface area contributed by atoms with Crippen LogP contribution in [0.5, 0.6) is 0 Å². The number of hydrogen-bond acceptors (Lipinski definition) is 4. The van der Waals surface area contributed by atoms with Crippen molar-refractivity contribution in [2.24, 2.45) is 0 Å². The van der Waals surface area contributed by atoms with Gasteiger partial charge in [-0.25, -0.2) is 0 Å². The summed E-state index contributed by atoms with van der Waals surface area (Å²) in [7, 11) is 1.74. The van der Waals surface area contributed by atoms with Crippen LogP contribution < -0.4 is 0 Å². The van der Waals surface area contributed by atoms with Gasteiger partial charge in [0.2, 0.25) is 0 Å². The van der Waals surface area contributed by atoms with Crippen LogP contribution in [0.3, 0.4) is 0 Å². The first-order valence-electron chi connectivity index (χ1n) is 9.50. The van der Waals surface area contributed by atoms with E-state index in [1.54, 1.807) is 14.2 Å². The zero-order valence-electron chi connectivity index (χ0n) is 15.6. The van der Waals surface area contributed by atoms with Gasteiger partial charge in [-0.05, 0) is 19.0 Å². The lowest BCUT2D eigenvalue weighted by atomic mass is 10.1. The maximum Gasteiger partial charge on any atom is 0.334 e. The molecule has 4 nitrogen and oxygen atoms in total. The molecule has 0 amide bonds. The third-order valence-electron chi connectivity index (χ3n) is 4.74. The van der Waals surface area contributed by atoms with Gasteiger partial charge in [0.05, 0.1) is 13.2 Å². The Balaban J connectivity index is 1.71. The topological polar surface area (TPSA) is 40.2 Å². The molecule has 5 heteroatoms. The maximum absolute atomic E-state index is 5.54. The summed E-state index contributed by atoms with van der Waals surface area (Å²) in [4.78, 5) is 0. The van der Waals surface area contributed by atoms with E-state index in [0.29, 0.717) is 6.10 Å². The van der Waals surface area contributed by atoms with Crippen LogP contribution in [-0.2, 0) is 18.3 Å². The molecule has 1 unspecified atom stereocenters. The van der Waals surface area contributed by atoms with Crippen LogP contribution >= 0.6 is 0 Å². The van der Waals surface area contributed by atoms with Crippen LogP contribution in [0.1, 0.15) is 64.2 Å². The predicted octanol–water partition coefficient (Wildman–Crippen LogP) is 4.67. The molecule has 1 atom stereocenters. The Morgan fingerprint density at radius 3 is 1.78 bits per heavy atom. The monoisotopic (exact) mass is 346 g/mol. The summed E-state index contributed by atoms with van der Waals surface area (Å²) >= 11 is 0. The fraction of sp³-hybridized carbons (Fsp3) is 1.00. The fourth-order valence-corrected chi connectivity index (χ4v) is 4.20. The Morgan fingerprint density at radius 1 is 0.826 bits per heavy atom. The minimum atomic E-state index is -1.82. The molecule has 138 valence electrons. The van der Waals surface area contributed by atoms with Gasteiger partial charge in [-0.1, -0.05) is 57.8 Å². The van der Waals surface area contributed by atoms with E-state index in [9.17, 15) is 0 Å². The normalized spacial score (nSPS) is 17.6. The Hall–Kier alpha value is 0.0569. The highest BCUT2D eigenvalue weighted by atomic mass is 28.4. The van der Waals surface area contributed by atoms with Crippen molar-refractivity contribution in [1.82, 2.24) is 0 Å². The zero-order valence-corrected chi connectivity index (χ0v) is 16.6. The van der Waals surface area contributed by atoms with E-state index in [1.807, 2.05) is 0 Å². The summed E-state index contributed by atoms with van der Waals surface area (Å²) in [6, 6.07) is 1.12. The van der Waals surface area contributed by atoms with Crippen molar-refractivity contribution in [3.05, 3.63) is 0 Å². The molecule has 0 aromatic rings. The Morgan fingerprint density at radius 2 is 1.30 bits per heavy atom. The third-order valence-corrected chi connectivity index (χ3v) is 7.73. The standard InChI is InChI=1S/C18H38O4Si/c1-19-23(3,20-2)15-13-11-9-7-5-4-6-8-10-12-14-21-16-18-17-22-18/h18H,4-17H2,1-3H3. The van der Waals surface area contributed by atoms with Gasteiger partial charge >= 0.3 is 8.56 Å². The second-order valence-corrected chi connectivity index (χ2v) is 10.4. The summed E-state index contributed by atoms with van der Waals surface area (Å²) in [5.41, 5.74) is 0. The molecule has 1 saturated heterocycles. The predicted molar refractivity (Wildman–Crippen MR) is 97.2 cm³/mol. The highest BCUT2D eigenvalue weighted by Gasteiger charge is 2.27. The highest BCUT2D eigenvalue weighted by molar-refractivity contribution is 6.65. The largest absolute Gasteiger partial charge is 0.398 e. The molecule has 1 aliphatic rings. The van der Waals surface area contributed by atoms with Crippen molar-refractivity contribution in [2.75, 3.05) is 34.0 Å². The first kappa shape index (κ1) is 21.1. The highest BCUT2D eigenvalue weighted by Crippen LogP contribution is 2.17. The van der Waals surface area contributed by atoms with Gasteiger partial charge in [0.1, 0.15) is 6.10 Å². The van der Waals surface area contributed by atoms with Crippen molar-refractivity contribution < 1.29 is 18.3 Å². The molecule has 0 bridgehead atoms. The fourth-order valence-electron chi connectivity index (χ4n) is 2.73. The van der Waals surface area contributed by atoms with Crippen molar-refractivity contribution in [3.63, 3.8) is 0 Å². The Kier molecular flexibility index (Phi) is 12.3. The average molecular weight is 347 g/mol. The summed E-state index contributed by atoms with van der Waals surface area (Å²) in [6.07, 6.45) is 13.7. The lowest BCUT2D eigenvalue weighted by Gasteiger charge is -2.22. The number of unbranched alkanes of at least 4 members (excludes halogenated alkanes) is 9. The number of epoxide rings is 1. The lowest BCUT2D eigenvalue weighted by Crippen LogP contribution is -2.35. The van der Waals surface area contributed by atoms with Crippen molar-refractivity contribution in [1.29, 1.82) is 0 Å². The summed E-state index contributed by atoms with van der Waals surface area (Å²) in [5.74, 6) is 0. The van der Waals surface area contributed by atoms with Gasteiger partial charge in [-0.15, -0.1) is 0 Å². The van der Waals surface area contributed by atoms with Crippen LogP contribution in [0.25, 0.3) is 0 Å². The molecule has 0 radical (unpaired) electrons. The summed E-state index contributed by atoms with van der Waals surface area (Å²) in [5, 5.41) is 0. The van der Waals surface area contributed by atoms with E-state index in [-0.39, 0.29) is 0 Å². The zero-order chi connectivity index (χ0) is 16.8. The number of rotatable bonds is 17. The van der Waals surface area contributed by atoms with Gasteiger partial charge in [0.25, 0.3) is 0 Å². The van der Waals surface area contributed by atoms with Gasteiger partial charge in [-0.2, -0.15) is 0 Å². The first-order chi connectivity index (χ1) is 11.2. The summed E-state index contributed by atoms with van der Waals surface area (Å²) < 4.78 is 21.7. The Labute approximate surface area is 144 Å². The number of hydrogen-bond donors (Lipinski definition) is 0. The van der Waals surface area contributed by atoms with E-state index in [2.05, 4.69) is 6.55 Å². The van der Waals surface area contributed by atoms with Crippen LogP contribution in [0.4, 0.5) is 0 Å². The third kappa shape index (κ3) is 12.1. The first-order valence-corrected chi connectivity index (χ1v) is 12.0. The minimum absolute atomic E-state index is 0.412. The quantitative estimate of drug-likeness (QED) is 0.218. The molecule has 1 fully saturated rings. The van der Waals surface area contributed by atoms with Crippen molar-refractivity contribution in [2.45, 2.75) is 82.9 Å². The molecule has 23 heavy (non-hydrogen) atoms. The van der Waals surface area contributed by atoms with E-state index in [4.69, 9.17) is 18.3 Å². The van der Waals surface area contributed by atoms with Gasteiger partial charge in [-0.3, -0.25) is 0 Å². The maximum atomic E-state index is 5.54. The van der Waals surface area contributed by atoms with Gasteiger partial charge < -0.3 is 18.3 Å². The van der Waals surface area contributed by atoms with Crippen LogP contribution in [0.15, 0.2) is 0 Å². The molecule has 0 N–H and O–H groups in total. The molecule has 0 saturated carbocycles. The van der Waals surface area contributed by atoms with Gasteiger partial charge in [0, 0.05) is 20.8 Å². The molecule has 1 aliphatic heterocycles. The molecule has 0 spiro atoms. The van der Waals surface area contributed by atoms with E-state index < -0.39 is 8.56 Å². The van der Waals surface area contributed by atoms with Crippen molar-refractivity contribution >= 4 is 8.56 Å². The molecule has 1 rings (SSSR count). The van der Waals surface area contributed by atoms with Crippen LogP contribution in [0.2, 0.25) is 12.6 Å². The van der Waals surface area contributed by atoms with Crippen molar-refractivity contribution in [3.8, 4) is 0 Å². The lowest BCUT2D eigenvalue weighted by molar-refractivity contribution is 0.113. The average Bonchev–Trinajstić information content (AvgIpc) is 3.39. The molecule has 1 heterocycles. The minimum Gasteiger partial charge on any atom is -0.398 e. The smallest absolute Gasteiger partial charge is 0.334 e. The van der Waals surface area contributed by atoms with Crippen LogP contribution in [-0.4, -0.2) is 48.7 Å². The van der Waals surface area contributed by atoms with E-state index in [1.165, 1.54) is 64.2 Å². The second kappa shape index (κ2) is 13.4.